The molecule has 0 heterocycles. The van der Waals surface area contributed by atoms with E-state index in [4.69, 9.17) is 5.11 Å². The average molecular weight is 352 g/mol. The number of hydrogen-bond donors (Lipinski definition) is 2. The molecule has 0 aromatic heterocycles. The van der Waals surface area contributed by atoms with Crippen molar-refractivity contribution < 1.29 is 37.0 Å². The molecule has 134 valence electrons. The molecule has 0 spiro atoms. The van der Waals surface area contributed by atoms with E-state index in [1.807, 2.05) is 0 Å². The van der Waals surface area contributed by atoms with Crippen molar-refractivity contribution in [2.24, 2.45) is 5.92 Å². The summed E-state index contributed by atoms with van der Waals surface area (Å²) in [5.41, 5.74) is -0.00770. The maximum Gasteiger partial charge on any atom is 0.422 e. The molecule has 10 heteroatoms. The van der Waals surface area contributed by atoms with Crippen LogP contribution in [-0.4, -0.2) is 48.4 Å². The number of carbonyl (C=O) groups excluding carboxylic acids is 1. The number of benzene rings is 1. The van der Waals surface area contributed by atoms with E-state index >= 15 is 0 Å². The van der Waals surface area contributed by atoms with Crippen molar-refractivity contribution in [3.8, 4) is 5.75 Å². The van der Waals surface area contributed by atoms with Crippen molar-refractivity contribution in [2.45, 2.75) is 13.1 Å². The number of anilines is 1. The summed E-state index contributed by atoms with van der Waals surface area (Å²) in [4.78, 5) is 23.7. The van der Waals surface area contributed by atoms with Crippen molar-refractivity contribution in [3.63, 3.8) is 0 Å². The van der Waals surface area contributed by atoms with Crippen LogP contribution in [0.25, 0.3) is 0 Å². The van der Waals surface area contributed by atoms with Gasteiger partial charge in [0.05, 0.1) is 5.92 Å². The van der Waals surface area contributed by atoms with Crippen molar-refractivity contribution in [1.29, 1.82) is 0 Å². The topological polar surface area (TPSA) is 78.9 Å². The zero-order valence-electron chi connectivity index (χ0n) is 12.9. The largest absolute Gasteiger partial charge is 0.481 e. The zero-order valence-corrected chi connectivity index (χ0v) is 12.9. The summed E-state index contributed by atoms with van der Waals surface area (Å²) in [6.07, 6.45) is -4.59. The highest BCUT2D eigenvalue weighted by atomic mass is 19.4. The molecule has 1 aromatic carbocycles. The summed E-state index contributed by atoms with van der Waals surface area (Å²) in [5.74, 6) is -3.54. The summed E-state index contributed by atoms with van der Waals surface area (Å²) < 4.78 is 54.0. The van der Waals surface area contributed by atoms with Crippen LogP contribution in [0.3, 0.4) is 0 Å². The molecule has 1 aromatic rings. The highest BCUT2D eigenvalue weighted by Gasteiger charge is 2.29. The molecule has 2 N–H and O–H groups in total. The highest BCUT2D eigenvalue weighted by Crippen LogP contribution is 2.24. The number of amides is 2. The van der Waals surface area contributed by atoms with Crippen LogP contribution in [0.4, 0.5) is 28.0 Å². The maximum atomic E-state index is 13.7. The molecule has 1 unspecified atom stereocenters. The van der Waals surface area contributed by atoms with Crippen LogP contribution in [0, 0.1) is 11.7 Å². The van der Waals surface area contributed by atoms with Crippen molar-refractivity contribution >= 4 is 17.7 Å². The first-order chi connectivity index (χ1) is 11.0. The standard InChI is InChI=1S/C14H16F4N2O4/c1-8(12(21)22)6-20(2)13(23)19-9-3-4-11(10(15)5-9)24-7-14(16,17)18/h3-5,8H,6-7H2,1-2H3,(H,19,23)(H,21,22). The van der Waals surface area contributed by atoms with Gasteiger partial charge in [0, 0.05) is 25.3 Å². The van der Waals surface area contributed by atoms with E-state index in [9.17, 15) is 27.2 Å². The Kier molecular flexibility index (Phi) is 6.38. The maximum absolute atomic E-state index is 13.7. The number of rotatable bonds is 6. The first-order valence-corrected chi connectivity index (χ1v) is 6.73. The number of carboxylic acids is 1. The van der Waals surface area contributed by atoms with E-state index in [2.05, 4.69) is 10.1 Å². The summed E-state index contributed by atoms with van der Waals surface area (Å²) in [7, 11) is 1.35. The predicted molar refractivity (Wildman–Crippen MR) is 76.4 cm³/mol. The van der Waals surface area contributed by atoms with Gasteiger partial charge in [-0.05, 0) is 12.1 Å². The lowest BCUT2D eigenvalue weighted by atomic mass is 10.2. The lowest BCUT2D eigenvalue weighted by molar-refractivity contribution is -0.153. The molecule has 0 aliphatic rings. The quantitative estimate of drug-likeness (QED) is 0.772. The van der Waals surface area contributed by atoms with E-state index < -0.39 is 42.3 Å². The van der Waals surface area contributed by atoms with Gasteiger partial charge in [0.2, 0.25) is 0 Å². The van der Waals surface area contributed by atoms with Gasteiger partial charge in [-0.2, -0.15) is 13.2 Å². The number of halogens is 4. The SMILES string of the molecule is CC(CN(C)C(=O)Nc1ccc(OCC(F)(F)F)c(F)c1)C(=O)O. The van der Waals surface area contributed by atoms with E-state index in [-0.39, 0.29) is 12.2 Å². The molecular formula is C14H16F4N2O4. The number of carbonyl (C=O) groups is 2. The van der Waals surface area contributed by atoms with E-state index in [1.165, 1.54) is 20.0 Å². The fourth-order valence-electron chi connectivity index (χ4n) is 1.65. The van der Waals surface area contributed by atoms with Crippen LogP contribution < -0.4 is 10.1 Å². The van der Waals surface area contributed by atoms with Gasteiger partial charge in [-0.3, -0.25) is 4.79 Å². The van der Waals surface area contributed by atoms with Crippen LogP contribution >= 0.6 is 0 Å². The van der Waals surface area contributed by atoms with Gasteiger partial charge in [-0.1, -0.05) is 6.92 Å². The Bertz CT molecular complexity index is 607. The van der Waals surface area contributed by atoms with E-state index in [0.717, 1.165) is 17.0 Å². The molecule has 0 aliphatic heterocycles. The number of carboxylic acid groups (broad SMARTS) is 1. The van der Waals surface area contributed by atoms with E-state index in [0.29, 0.717) is 0 Å². The first-order valence-electron chi connectivity index (χ1n) is 6.73. The van der Waals surface area contributed by atoms with Gasteiger partial charge in [0.15, 0.2) is 18.2 Å². The molecule has 0 aliphatic carbocycles. The van der Waals surface area contributed by atoms with E-state index in [1.54, 1.807) is 0 Å². The van der Waals surface area contributed by atoms with Crippen LogP contribution in [0.5, 0.6) is 5.75 Å². The molecule has 2 amide bonds. The molecule has 0 fully saturated rings. The second-order valence-electron chi connectivity index (χ2n) is 5.10. The smallest absolute Gasteiger partial charge is 0.422 e. The highest BCUT2D eigenvalue weighted by molar-refractivity contribution is 5.89. The molecule has 6 nitrogen and oxygen atoms in total. The Morgan fingerprint density at radius 3 is 2.50 bits per heavy atom. The van der Waals surface area contributed by atoms with Crippen molar-refractivity contribution in [2.75, 3.05) is 25.5 Å². The minimum Gasteiger partial charge on any atom is -0.481 e. The third-order valence-electron chi connectivity index (χ3n) is 2.89. The monoisotopic (exact) mass is 352 g/mol. The number of urea groups is 1. The Balaban J connectivity index is 2.67. The Labute approximate surface area is 135 Å². The van der Waals surface area contributed by atoms with Crippen LogP contribution in [0.2, 0.25) is 0 Å². The third kappa shape index (κ3) is 6.31. The van der Waals surface area contributed by atoms with Crippen LogP contribution in [0.1, 0.15) is 6.92 Å². The normalized spacial score (nSPS) is 12.4. The second-order valence-corrected chi connectivity index (χ2v) is 5.10. The summed E-state index contributed by atoms with van der Waals surface area (Å²) in [5, 5.41) is 11.1. The van der Waals surface area contributed by atoms with Crippen LogP contribution in [-0.2, 0) is 4.79 Å². The fourth-order valence-corrected chi connectivity index (χ4v) is 1.65. The first kappa shape index (κ1) is 19.5. The summed E-state index contributed by atoms with van der Waals surface area (Å²) >= 11 is 0. The van der Waals surface area contributed by atoms with Crippen LogP contribution in [0.15, 0.2) is 18.2 Å². The Morgan fingerprint density at radius 2 is 2.00 bits per heavy atom. The number of alkyl halides is 3. The van der Waals surface area contributed by atoms with Crippen molar-refractivity contribution in [1.82, 2.24) is 4.90 Å². The molecule has 0 radical (unpaired) electrons. The van der Waals surface area contributed by atoms with Gasteiger partial charge in [0.25, 0.3) is 0 Å². The zero-order chi connectivity index (χ0) is 18.5. The van der Waals surface area contributed by atoms with Gasteiger partial charge < -0.3 is 20.1 Å². The summed E-state index contributed by atoms with van der Waals surface area (Å²) in [6, 6.07) is 2.24. The minimum absolute atomic E-state index is 0.00770. The number of nitrogens with zero attached hydrogens (tertiary/aromatic N) is 1. The van der Waals surface area contributed by atoms with Gasteiger partial charge in [0.1, 0.15) is 0 Å². The van der Waals surface area contributed by atoms with Gasteiger partial charge >= 0.3 is 18.2 Å². The molecule has 1 rings (SSSR count). The summed E-state index contributed by atoms with van der Waals surface area (Å²) in [6.45, 7) is -0.291. The Morgan fingerprint density at radius 1 is 1.38 bits per heavy atom. The minimum atomic E-state index is -4.59. The van der Waals surface area contributed by atoms with Gasteiger partial charge in [-0.15, -0.1) is 0 Å². The molecule has 24 heavy (non-hydrogen) atoms. The molecule has 0 saturated carbocycles. The van der Waals surface area contributed by atoms with Crippen molar-refractivity contribution in [3.05, 3.63) is 24.0 Å². The number of nitrogens with one attached hydrogen (secondary N) is 1. The average Bonchev–Trinajstić information content (AvgIpc) is 2.45. The number of ether oxygens (including phenoxy) is 1. The number of aliphatic carboxylic acids is 1. The number of hydrogen-bond acceptors (Lipinski definition) is 3. The fraction of sp³-hybridized carbons (Fsp3) is 0.429. The predicted octanol–water partition coefficient (Wildman–Crippen LogP) is 2.95. The molecular weight excluding hydrogens is 336 g/mol. The second kappa shape index (κ2) is 7.84. The lowest BCUT2D eigenvalue weighted by Gasteiger charge is -2.20. The molecule has 0 saturated heterocycles. The Hall–Kier alpha value is -2.52. The van der Waals surface area contributed by atoms with Gasteiger partial charge in [-0.25, -0.2) is 9.18 Å². The molecule has 0 bridgehead atoms. The lowest BCUT2D eigenvalue weighted by Crippen LogP contribution is -2.36. The molecule has 1 atom stereocenters. The third-order valence-corrected chi connectivity index (χ3v) is 2.89.